The molecule has 0 aliphatic carbocycles. The lowest BCUT2D eigenvalue weighted by Crippen LogP contribution is -2.23. The number of rotatable bonds is 4. The molecule has 7 heteroatoms. The van der Waals surface area contributed by atoms with Crippen molar-refractivity contribution >= 4 is 28.8 Å². The quantitative estimate of drug-likeness (QED) is 0.757. The molecule has 0 spiro atoms. The second-order valence-corrected chi connectivity index (χ2v) is 6.32. The Balaban J connectivity index is 1.66. The van der Waals surface area contributed by atoms with E-state index < -0.39 is 11.7 Å². The summed E-state index contributed by atoms with van der Waals surface area (Å²) in [6.45, 7) is 2.07. The fourth-order valence-corrected chi connectivity index (χ4v) is 2.78. The minimum absolute atomic E-state index is 0.0590. The van der Waals surface area contributed by atoms with Crippen molar-refractivity contribution < 1.29 is 13.6 Å². The molecule has 0 atom stereocenters. The van der Waals surface area contributed by atoms with Crippen molar-refractivity contribution in [3.8, 4) is 11.5 Å². The van der Waals surface area contributed by atoms with Gasteiger partial charge in [-0.2, -0.15) is 0 Å². The van der Waals surface area contributed by atoms with Gasteiger partial charge in [-0.05, 0) is 37.3 Å². The normalized spacial score (nSPS) is 10.7. The van der Waals surface area contributed by atoms with Gasteiger partial charge in [-0.1, -0.05) is 11.6 Å². The van der Waals surface area contributed by atoms with Crippen LogP contribution >= 0.6 is 22.9 Å². The minimum atomic E-state index is -0.659. The van der Waals surface area contributed by atoms with Crippen LogP contribution in [0.1, 0.15) is 21.1 Å². The Morgan fingerprint density at radius 3 is 2.91 bits per heavy atom. The number of amides is 1. The molecular weight excluding hydrogens is 339 g/mol. The van der Waals surface area contributed by atoms with E-state index in [1.165, 1.54) is 23.5 Å². The fraction of sp³-hybridized carbons (Fsp3) is 0.125. The first kappa shape index (κ1) is 15.7. The molecule has 0 fully saturated rings. The fourth-order valence-electron chi connectivity index (χ4n) is 2.02. The van der Waals surface area contributed by atoms with Crippen molar-refractivity contribution in [1.82, 2.24) is 10.3 Å². The van der Waals surface area contributed by atoms with Crippen molar-refractivity contribution in [3.63, 3.8) is 0 Å². The summed E-state index contributed by atoms with van der Waals surface area (Å²) in [6, 6.07) is 7.46. The van der Waals surface area contributed by atoms with E-state index in [1.54, 1.807) is 12.1 Å². The van der Waals surface area contributed by atoms with Crippen LogP contribution in [0.5, 0.6) is 0 Å². The van der Waals surface area contributed by atoms with Gasteiger partial charge in [-0.25, -0.2) is 9.37 Å². The molecule has 0 saturated carbocycles. The molecule has 1 N–H and O–H groups in total. The van der Waals surface area contributed by atoms with Gasteiger partial charge >= 0.3 is 0 Å². The van der Waals surface area contributed by atoms with Crippen LogP contribution in [-0.4, -0.2) is 10.9 Å². The second kappa shape index (κ2) is 6.52. The highest BCUT2D eigenvalue weighted by Gasteiger charge is 2.13. The number of nitrogens with one attached hydrogen (secondary N) is 1. The maximum Gasteiger partial charge on any atom is 0.254 e. The largest absolute Gasteiger partial charge is 0.458 e. The monoisotopic (exact) mass is 350 g/mol. The van der Waals surface area contributed by atoms with Gasteiger partial charge in [0.25, 0.3) is 5.91 Å². The van der Waals surface area contributed by atoms with E-state index in [9.17, 15) is 9.18 Å². The van der Waals surface area contributed by atoms with Crippen LogP contribution in [-0.2, 0) is 6.54 Å². The predicted molar refractivity (Wildman–Crippen MR) is 87.1 cm³/mol. The van der Waals surface area contributed by atoms with Crippen LogP contribution in [0.3, 0.4) is 0 Å². The molecule has 0 radical (unpaired) electrons. The van der Waals surface area contributed by atoms with Crippen molar-refractivity contribution in [1.29, 1.82) is 0 Å². The molecule has 4 nitrogen and oxygen atoms in total. The maximum atomic E-state index is 13.7. The van der Waals surface area contributed by atoms with E-state index >= 15 is 0 Å². The number of hydrogen-bond acceptors (Lipinski definition) is 4. The van der Waals surface area contributed by atoms with Crippen molar-refractivity contribution in [3.05, 3.63) is 62.9 Å². The number of nitrogens with zero attached hydrogens (tertiary/aromatic N) is 1. The summed E-state index contributed by atoms with van der Waals surface area (Å²) < 4.78 is 19.3. The van der Waals surface area contributed by atoms with E-state index in [4.69, 9.17) is 16.0 Å². The molecule has 0 saturated heterocycles. The number of aromatic nitrogens is 1. The molecule has 0 aliphatic rings. The van der Waals surface area contributed by atoms with Gasteiger partial charge in [-0.3, -0.25) is 4.79 Å². The third kappa shape index (κ3) is 3.60. The number of carbonyl (C=O) groups is 1. The standard InChI is InChI=1S/C16H12ClFN2O2S/c1-9-20-14(8-23-9)15-5-3-11(22-15)7-19-16(21)12-4-2-10(17)6-13(12)18/h2-6,8H,7H2,1H3,(H,19,21). The third-order valence-electron chi connectivity index (χ3n) is 3.13. The van der Waals surface area contributed by atoms with E-state index in [1.807, 2.05) is 12.3 Å². The number of aryl methyl sites for hydroxylation is 1. The van der Waals surface area contributed by atoms with Gasteiger partial charge in [0.05, 0.1) is 17.1 Å². The predicted octanol–water partition coefficient (Wildman–Crippen LogP) is 4.43. The number of thiazole rings is 1. The first-order valence-electron chi connectivity index (χ1n) is 6.77. The van der Waals surface area contributed by atoms with Crippen LogP contribution in [0.2, 0.25) is 5.02 Å². The van der Waals surface area contributed by atoms with Crippen molar-refractivity contribution in [2.24, 2.45) is 0 Å². The topological polar surface area (TPSA) is 55.1 Å². The zero-order chi connectivity index (χ0) is 16.4. The molecule has 3 aromatic rings. The van der Waals surface area contributed by atoms with Crippen LogP contribution < -0.4 is 5.32 Å². The Labute approximate surface area is 140 Å². The smallest absolute Gasteiger partial charge is 0.254 e. The summed E-state index contributed by atoms with van der Waals surface area (Å²) in [5.41, 5.74) is 0.699. The summed E-state index contributed by atoms with van der Waals surface area (Å²) >= 11 is 7.20. The molecule has 0 bridgehead atoms. The molecular formula is C16H12ClFN2O2S. The molecule has 2 heterocycles. The Hall–Kier alpha value is -2.18. The molecule has 1 aromatic carbocycles. The molecule has 0 unspecified atom stereocenters. The van der Waals surface area contributed by atoms with Crippen LogP contribution in [0.25, 0.3) is 11.5 Å². The Kier molecular flexibility index (Phi) is 4.45. The summed E-state index contributed by atoms with van der Waals surface area (Å²) in [5, 5.41) is 5.71. The SMILES string of the molecule is Cc1nc(-c2ccc(CNC(=O)c3ccc(Cl)cc3F)o2)cs1. The molecule has 0 aliphatic heterocycles. The average molecular weight is 351 g/mol. The summed E-state index contributed by atoms with van der Waals surface area (Å²) in [4.78, 5) is 16.3. The molecule has 2 aromatic heterocycles. The first-order valence-corrected chi connectivity index (χ1v) is 8.03. The van der Waals surface area contributed by atoms with E-state index in [0.717, 1.165) is 16.8 Å². The third-order valence-corrected chi connectivity index (χ3v) is 4.14. The van der Waals surface area contributed by atoms with Gasteiger partial charge < -0.3 is 9.73 Å². The molecule has 1 amide bonds. The highest BCUT2D eigenvalue weighted by molar-refractivity contribution is 7.09. The highest BCUT2D eigenvalue weighted by Crippen LogP contribution is 2.23. The van der Waals surface area contributed by atoms with Crippen LogP contribution in [0.4, 0.5) is 4.39 Å². The summed E-state index contributed by atoms with van der Waals surface area (Å²) in [7, 11) is 0. The van der Waals surface area contributed by atoms with Crippen LogP contribution in [0.15, 0.2) is 40.1 Å². The second-order valence-electron chi connectivity index (χ2n) is 4.82. The number of carbonyl (C=O) groups excluding carboxylic acids is 1. The van der Waals surface area contributed by atoms with E-state index in [0.29, 0.717) is 11.5 Å². The Bertz CT molecular complexity index is 859. The van der Waals surface area contributed by atoms with Crippen molar-refractivity contribution in [2.45, 2.75) is 13.5 Å². The van der Waals surface area contributed by atoms with Gasteiger partial charge in [0.15, 0.2) is 5.76 Å². The highest BCUT2D eigenvalue weighted by atomic mass is 35.5. The van der Waals surface area contributed by atoms with Gasteiger partial charge in [0, 0.05) is 10.4 Å². The van der Waals surface area contributed by atoms with E-state index in [2.05, 4.69) is 10.3 Å². The van der Waals surface area contributed by atoms with Gasteiger partial charge in [0.2, 0.25) is 0 Å². The van der Waals surface area contributed by atoms with Gasteiger partial charge in [0.1, 0.15) is 17.3 Å². The number of halogens is 2. The summed E-state index contributed by atoms with van der Waals surface area (Å²) in [6.07, 6.45) is 0. The molecule has 23 heavy (non-hydrogen) atoms. The number of hydrogen-bond donors (Lipinski definition) is 1. The minimum Gasteiger partial charge on any atom is -0.458 e. The molecule has 118 valence electrons. The first-order chi connectivity index (χ1) is 11.0. The van der Waals surface area contributed by atoms with E-state index in [-0.39, 0.29) is 17.1 Å². The zero-order valence-electron chi connectivity index (χ0n) is 12.1. The lowest BCUT2D eigenvalue weighted by Gasteiger charge is -2.04. The van der Waals surface area contributed by atoms with Crippen LogP contribution in [0, 0.1) is 12.7 Å². The Morgan fingerprint density at radius 1 is 1.39 bits per heavy atom. The zero-order valence-corrected chi connectivity index (χ0v) is 13.7. The number of benzene rings is 1. The van der Waals surface area contributed by atoms with Gasteiger partial charge in [-0.15, -0.1) is 11.3 Å². The molecule has 3 rings (SSSR count). The van der Waals surface area contributed by atoms with Crippen molar-refractivity contribution in [2.75, 3.05) is 0 Å². The average Bonchev–Trinajstić information content (AvgIpc) is 3.13. The lowest BCUT2D eigenvalue weighted by atomic mass is 10.2. The number of furan rings is 1. The maximum absolute atomic E-state index is 13.7. The summed E-state index contributed by atoms with van der Waals surface area (Å²) in [5.74, 6) is 0.0133. The Morgan fingerprint density at radius 2 is 2.22 bits per heavy atom. The lowest BCUT2D eigenvalue weighted by molar-refractivity contribution is 0.0944.